The lowest BCUT2D eigenvalue weighted by molar-refractivity contribution is 0.0926. The number of hydrogen-bond donors (Lipinski definition) is 2. The Morgan fingerprint density at radius 1 is 1.19 bits per heavy atom. The van der Waals surface area contributed by atoms with Crippen LogP contribution in [0.5, 0.6) is 0 Å². The largest absolute Gasteiger partial charge is 0.459 e. The minimum Gasteiger partial charge on any atom is -0.459 e. The fourth-order valence-corrected chi connectivity index (χ4v) is 2.86. The van der Waals surface area contributed by atoms with Gasteiger partial charge in [-0.2, -0.15) is 5.10 Å². The number of carbonyl (C=O) groups excluding carboxylic acids is 1. The van der Waals surface area contributed by atoms with E-state index in [2.05, 4.69) is 15.7 Å². The molecule has 0 aliphatic heterocycles. The van der Waals surface area contributed by atoms with Crippen LogP contribution in [0.1, 0.15) is 27.5 Å². The molecule has 0 spiro atoms. The quantitative estimate of drug-likeness (QED) is 0.624. The molecule has 3 rings (SSSR count). The van der Waals surface area contributed by atoms with E-state index in [0.29, 0.717) is 30.4 Å². The van der Waals surface area contributed by atoms with Crippen molar-refractivity contribution in [2.45, 2.75) is 20.4 Å². The van der Waals surface area contributed by atoms with Crippen molar-refractivity contribution in [3.8, 4) is 5.69 Å². The second kappa shape index (κ2) is 8.21. The molecule has 0 atom stereocenters. The van der Waals surface area contributed by atoms with Crippen molar-refractivity contribution in [3.63, 3.8) is 0 Å². The van der Waals surface area contributed by atoms with Gasteiger partial charge in [-0.15, -0.1) is 0 Å². The number of furan rings is 1. The molecule has 0 aliphatic carbocycles. The topological polar surface area (TPSA) is 72.1 Å². The first-order valence-corrected chi connectivity index (χ1v) is 8.77. The van der Waals surface area contributed by atoms with E-state index < -0.39 is 0 Å². The molecule has 0 saturated carbocycles. The minimum absolute atomic E-state index is 0.209. The zero-order valence-electron chi connectivity index (χ0n) is 14.8. The Bertz CT molecular complexity index is 870. The van der Waals surface area contributed by atoms with Crippen molar-refractivity contribution in [2.24, 2.45) is 0 Å². The number of rotatable bonds is 7. The predicted molar refractivity (Wildman–Crippen MR) is 101 cm³/mol. The lowest BCUT2D eigenvalue weighted by atomic mass is 10.2. The minimum atomic E-state index is -0.209. The molecule has 2 N–H and O–H groups in total. The number of amides is 1. The van der Waals surface area contributed by atoms with Gasteiger partial charge in [0.1, 0.15) is 0 Å². The lowest BCUT2D eigenvalue weighted by Crippen LogP contribution is -2.31. The first-order valence-electron chi connectivity index (χ1n) is 8.39. The molecule has 1 aromatic carbocycles. The molecule has 2 aromatic heterocycles. The van der Waals surface area contributed by atoms with Crippen molar-refractivity contribution in [2.75, 3.05) is 13.1 Å². The molecule has 0 bridgehead atoms. The molecule has 136 valence electrons. The van der Waals surface area contributed by atoms with E-state index in [4.69, 9.17) is 16.0 Å². The number of halogens is 1. The molecule has 2 heterocycles. The third kappa shape index (κ3) is 4.15. The average molecular weight is 373 g/mol. The number of aryl methyl sites for hydroxylation is 1. The maximum atomic E-state index is 11.8. The van der Waals surface area contributed by atoms with Crippen molar-refractivity contribution in [1.29, 1.82) is 0 Å². The van der Waals surface area contributed by atoms with Gasteiger partial charge >= 0.3 is 0 Å². The van der Waals surface area contributed by atoms with E-state index in [0.717, 1.165) is 22.6 Å². The summed E-state index contributed by atoms with van der Waals surface area (Å²) in [7, 11) is 0. The van der Waals surface area contributed by atoms with Gasteiger partial charge in [0, 0.05) is 35.9 Å². The highest BCUT2D eigenvalue weighted by Crippen LogP contribution is 2.19. The Labute approximate surface area is 157 Å². The van der Waals surface area contributed by atoms with Gasteiger partial charge in [-0.25, -0.2) is 4.68 Å². The van der Waals surface area contributed by atoms with E-state index >= 15 is 0 Å². The third-order valence-corrected chi connectivity index (χ3v) is 4.40. The Kier molecular flexibility index (Phi) is 5.75. The van der Waals surface area contributed by atoms with Gasteiger partial charge in [-0.3, -0.25) is 4.79 Å². The Hall–Kier alpha value is -2.57. The average Bonchev–Trinajstić information content (AvgIpc) is 3.25. The molecule has 0 aliphatic rings. The van der Waals surface area contributed by atoms with Crippen LogP contribution in [0.15, 0.2) is 47.1 Å². The van der Waals surface area contributed by atoms with E-state index in [1.165, 1.54) is 6.26 Å². The van der Waals surface area contributed by atoms with Gasteiger partial charge < -0.3 is 15.1 Å². The highest BCUT2D eigenvalue weighted by Gasteiger charge is 2.12. The summed E-state index contributed by atoms with van der Waals surface area (Å²) in [5.41, 5.74) is 4.19. The van der Waals surface area contributed by atoms with Crippen LogP contribution in [0, 0.1) is 13.8 Å². The van der Waals surface area contributed by atoms with Crippen LogP contribution in [-0.4, -0.2) is 28.8 Å². The lowest BCUT2D eigenvalue weighted by Gasteiger charge is -2.08. The summed E-state index contributed by atoms with van der Waals surface area (Å²) in [5.74, 6) is 0.112. The van der Waals surface area contributed by atoms with Gasteiger partial charge in [0.15, 0.2) is 5.76 Å². The molecule has 7 heteroatoms. The van der Waals surface area contributed by atoms with Crippen LogP contribution in [0.25, 0.3) is 5.69 Å². The standard InChI is InChI=1S/C19H21ClN4O2/c1-13-17(12-21-9-10-22-19(25)18-4-3-11-26-18)14(2)24(23-13)16-7-5-15(20)6-8-16/h3-8,11,21H,9-10,12H2,1-2H3,(H,22,25). The highest BCUT2D eigenvalue weighted by atomic mass is 35.5. The molecule has 6 nitrogen and oxygen atoms in total. The Morgan fingerprint density at radius 3 is 2.65 bits per heavy atom. The third-order valence-electron chi connectivity index (χ3n) is 4.15. The number of nitrogens with zero attached hydrogens (tertiary/aromatic N) is 2. The second-order valence-electron chi connectivity index (χ2n) is 5.95. The summed E-state index contributed by atoms with van der Waals surface area (Å²) >= 11 is 5.95. The molecule has 0 saturated heterocycles. The van der Waals surface area contributed by atoms with E-state index in [-0.39, 0.29) is 5.91 Å². The maximum absolute atomic E-state index is 11.8. The first kappa shape index (κ1) is 18.2. The van der Waals surface area contributed by atoms with Crippen LogP contribution in [0.4, 0.5) is 0 Å². The zero-order valence-corrected chi connectivity index (χ0v) is 15.5. The van der Waals surface area contributed by atoms with Gasteiger partial charge in [-0.1, -0.05) is 11.6 Å². The number of nitrogens with one attached hydrogen (secondary N) is 2. The van der Waals surface area contributed by atoms with Gasteiger partial charge in [0.2, 0.25) is 0 Å². The first-order chi connectivity index (χ1) is 12.6. The van der Waals surface area contributed by atoms with Crippen molar-refractivity contribution < 1.29 is 9.21 Å². The maximum Gasteiger partial charge on any atom is 0.287 e. The smallest absolute Gasteiger partial charge is 0.287 e. The zero-order chi connectivity index (χ0) is 18.5. The van der Waals surface area contributed by atoms with Crippen LogP contribution in [0.2, 0.25) is 5.02 Å². The number of carbonyl (C=O) groups is 1. The predicted octanol–water partition coefficient (Wildman–Crippen LogP) is 3.26. The Morgan fingerprint density at radius 2 is 1.96 bits per heavy atom. The van der Waals surface area contributed by atoms with E-state index in [1.807, 2.05) is 42.8 Å². The van der Waals surface area contributed by atoms with Crippen LogP contribution in [-0.2, 0) is 6.54 Å². The summed E-state index contributed by atoms with van der Waals surface area (Å²) in [5, 5.41) is 11.5. The summed E-state index contributed by atoms with van der Waals surface area (Å²) < 4.78 is 6.97. The summed E-state index contributed by atoms with van der Waals surface area (Å²) in [6, 6.07) is 10.9. The van der Waals surface area contributed by atoms with Crippen molar-refractivity contribution in [1.82, 2.24) is 20.4 Å². The number of hydrogen-bond acceptors (Lipinski definition) is 4. The second-order valence-corrected chi connectivity index (χ2v) is 6.38. The number of benzene rings is 1. The molecule has 26 heavy (non-hydrogen) atoms. The molecular weight excluding hydrogens is 352 g/mol. The van der Waals surface area contributed by atoms with Gasteiger partial charge in [0.25, 0.3) is 5.91 Å². The molecule has 1 amide bonds. The SMILES string of the molecule is Cc1nn(-c2ccc(Cl)cc2)c(C)c1CNCCNC(=O)c1ccco1. The van der Waals surface area contributed by atoms with Gasteiger partial charge in [0.05, 0.1) is 17.6 Å². The highest BCUT2D eigenvalue weighted by molar-refractivity contribution is 6.30. The fourth-order valence-electron chi connectivity index (χ4n) is 2.74. The summed E-state index contributed by atoms with van der Waals surface area (Å²) in [6.07, 6.45) is 1.48. The summed E-state index contributed by atoms with van der Waals surface area (Å²) in [6.45, 7) is 5.89. The normalized spacial score (nSPS) is 10.9. The van der Waals surface area contributed by atoms with Gasteiger partial charge in [-0.05, 0) is 50.2 Å². The van der Waals surface area contributed by atoms with E-state index in [1.54, 1.807) is 12.1 Å². The van der Waals surface area contributed by atoms with Crippen LogP contribution >= 0.6 is 11.6 Å². The number of aromatic nitrogens is 2. The molecular formula is C19H21ClN4O2. The fraction of sp³-hybridized carbons (Fsp3) is 0.263. The van der Waals surface area contributed by atoms with Crippen LogP contribution in [0.3, 0.4) is 0 Å². The summed E-state index contributed by atoms with van der Waals surface area (Å²) in [4.78, 5) is 11.8. The monoisotopic (exact) mass is 372 g/mol. The Balaban J connectivity index is 1.54. The van der Waals surface area contributed by atoms with Crippen molar-refractivity contribution in [3.05, 3.63) is 70.4 Å². The van der Waals surface area contributed by atoms with Crippen molar-refractivity contribution >= 4 is 17.5 Å². The molecule has 0 unspecified atom stereocenters. The molecule has 3 aromatic rings. The molecule has 0 fully saturated rings. The van der Waals surface area contributed by atoms with E-state index in [9.17, 15) is 4.79 Å². The molecule has 0 radical (unpaired) electrons. The van der Waals surface area contributed by atoms with Crippen LogP contribution < -0.4 is 10.6 Å².